The van der Waals surface area contributed by atoms with Gasteiger partial charge in [0, 0.05) is 0 Å². The van der Waals surface area contributed by atoms with Crippen LogP contribution in [0.5, 0.6) is 0 Å². The third-order valence-corrected chi connectivity index (χ3v) is 7.29. The lowest BCUT2D eigenvalue weighted by Gasteiger charge is -2.32. The average molecular weight is 410 g/mol. The van der Waals surface area contributed by atoms with Crippen molar-refractivity contribution >= 4 is 52.5 Å². The van der Waals surface area contributed by atoms with E-state index in [1.807, 2.05) is 0 Å². The molecule has 6 nitrogen and oxygen atoms in total. The molecule has 0 radical (unpaired) electrons. The summed E-state index contributed by atoms with van der Waals surface area (Å²) in [7, 11) is -8.37. The van der Waals surface area contributed by atoms with Gasteiger partial charge in [0.25, 0.3) is 10.1 Å². The predicted octanol–water partition coefficient (Wildman–Crippen LogP) is 3.72. The van der Waals surface area contributed by atoms with Crippen LogP contribution in [0, 0.1) is 0 Å². The first-order valence-electron chi connectivity index (χ1n) is 6.09. The molecule has 1 saturated heterocycles. The van der Waals surface area contributed by atoms with Gasteiger partial charge in [-0.25, -0.2) is 4.18 Å². The molecule has 0 bridgehead atoms. The fraction of sp³-hybridized carbons (Fsp3) is 0.455. The Bertz CT molecular complexity index is 650. The van der Waals surface area contributed by atoms with E-state index in [4.69, 9.17) is 48.0 Å². The summed E-state index contributed by atoms with van der Waals surface area (Å²) in [5.41, 5.74) is 0. The van der Waals surface area contributed by atoms with Gasteiger partial charge in [0.15, 0.2) is 0 Å². The Morgan fingerprint density at radius 3 is 2.18 bits per heavy atom. The Balaban J connectivity index is 2.34. The quantitative estimate of drug-likeness (QED) is 0.428. The molecule has 0 aromatic heterocycles. The molecule has 0 spiro atoms. The van der Waals surface area contributed by atoms with Crippen LogP contribution >= 0.6 is 42.4 Å². The maximum atomic E-state index is 12.6. The molecule has 1 atom stereocenters. The normalized spacial score (nSPS) is 20.5. The van der Waals surface area contributed by atoms with Gasteiger partial charge in [-0.15, -0.1) is 0 Å². The van der Waals surface area contributed by atoms with E-state index in [0.29, 0.717) is 6.42 Å². The molecule has 1 fully saturated rings. The molecule has 0 aliphatic carbocycles. The lowest BCUT2D eigenvalue weighted by Crippen LogP contribution is -2.34. The first kappa shape index (κ1) is 18.5. The third kappa shape index (κ3) is 4.36. The van der Waals surface area contributed by atoms with Crippen LogP contribution in [0.3, 0.4) is 0 Å². The first-order chi connectivity index (χ1) is 10.2. The van der Waals surface area contributed by atoms with Gasteiger partial charge in [-0.1, -0.05) is 53.0 Å². The summed E-state index contributed by atoms with van der Waals surface area (Å²) in [6, 6.07) is 7.21. The molecular weight excluding hydrogens is 398 g/mol. The highest BCUT2D eigenvalue weighted by molar-refractivity contribution is 7.87. The van der Waals surface area contributed by atoms with Crippen molar-refractivity contribution in [3.05, 3.63) is 30.3 Å². The molecule has 0 saturated carbocycles. The molecule has 0 unspecified atom stereocenters. The van der Waals surface area contributed by atoms with Crippen LogP contribution in [0.4, 0.5) is 0 Å². The van der Waals surface area contributed by atoms with Crippen molar-refractivity contribution in [2.24, 2.45) is 0 Å². The van der Waals surface area contributed by atoms with Crippen molar-refractivity contribution in [1.29, 1.82) is 0 Å². The Kier molecular flexibility index (Phi) is 5.84. The molecular formula is C11H12Cl3O6PS. The van der Waals surface area contributed by atoms with E-state index in [1.54, 1.807) is 6.07 Å². The van der Waals surface area contributed by atoms with Crippen molar-refractivity contribution < 1.29 is 26.2 Å². The van der Waals surface area contributed by atoms with Gasteiger partial charge >= 0.3 is 7.60 Å². The van der Waals surface area contributed by atoms with Crippen LogP contribution in [0.1, 0.15) is 6.42 Å². The fourth-order valence-corrected chi connectivity index (χ4v) is 6.25. The van der Waals surface area contributed by atoms with Gasteiger partial charge in [-0.3, -0.25) is 4.57 Å². The second-order valence-electron chi connectivity index (χ2n) is 4.32. The number of hydrogen-bond donors (Lipinski definition) is 0. The highest BCUT2D eigenvalue weighted by Gasteiger charge is 2.53. The van der Waals surface area contributed by atoms with Crippen LogP contribution in [-0.4, -0.2) is 31.3 Å². The van der Waals surface area contributed by atoms with E-state index in [0.717, 1.165) is 0 Å². The molecule has 1 aliphatic rings. The zero-order valence-corrected chi connectivity index (χ0v) is 15.0. The van der Waals surface area contributed by atoms with Gasteiger partial charge in [0.1, 0.15) is 0 Å². The highest BCUT2D eigenvalue weighted by Crippen LogP contribution is 2.62. The molecule has 1 aromatic carbocycles. The summed E-state index contributed by atoms with van der Waals surface area (Å²) in [6.45, 7) is 0.173. The largest absolute Gasteiger partial charge is 0.365 e. The van der Waals surface area contributed by atoms with Crippen LogP contribution in [0.25, 0.3) is 0 Å². The van der Waals surface area contributed by atoms with Crippen molar-refractivity contribution in [3.63, 3.8) is 0 Å². The maximum absolute atomic E-state index is 12.6. The van der Waals surface area contributed by atoms with Gasteiger partial charge in [-0.2, -0.15) is 8.42 Å². The SMILES string of the molecule is O=P1([C@H](OS(=O)(=O)c2ccccc2)C(Cl)(Cl)Cl)OCCCO1. The molecule has 22 heavy (non-hydrogen) atoms. The number of benzene rings is 1. The van der Waals surface area contributed by atoms with Gasteiger partial charge in [-0.05, 0) is 18.6 Å². The molecule has 0 N–H and O–H groups in total. The van der Waals surface area contributed by atoms with Gasteiger partial charge in [0.2, 0.25) is 9.64 Å². The van der Waals surface area contributed by atoms with E-state index in [1.165, 1.54) is 24.3 Å². The van der Waals surface area contributed by atoms with Crippen molar-refractivity contribution in [3.8, 4) is 0 Å². The number of hydrogen-bond acceptors (Lipinski definition) is 6. The Morgan fingerprint density at radius 1 is 1.14 bits per heavy atom. The van der Waals surface area contributed by atoms with E-state index >= 15 is 0 Å². The standard InChI is InChI=1S/C11H12Cl3O6PS/c12-11(13,14)10(21(15)18-7-4-8-19-21)20-22(16,17)9-5-2-1-3-6-9/h1-3,5-6,10H,4,7-8H2/t10-/m0/s1. The smallest absolute Gasteiger partial charge is 0.307 e. The van der Waals surface area contributed by atoms with Gasteiger partial charge < -0.3 is 9.05 Å². The third-order valence-electron chi connectivity index (χ3n) is 2.65. The maximum Gasteiger partial charge on any atom is 0.365 e. The average Bonchev–Trinajstić information content (AvgIpc) is 2.45. The molecule has 1 aromatic rings. The molecule has 1 heterocycles. The molecule has 124 valence electrons. The van der Waals surface area contributed by atoms with E-state index in [-0.39, 0.29) is 18.1 Å². The number of halogens is 3. The van der Waals surface area contributed by atoms with E-state index < -0.39 is 27.4 Å². The van der Waals surface area contributed by atoms with Crippen molar-refractivity contribution in [2.45, 2.75) is 21.0 Å². The lowest BCUT2D eigenvalue weighted by atomic mass is 10.4. The van der Waals surface area contributed by atoms with Crippen molar-refractivity contribution in [2.75, 3.05) is 13.2 Å². The monoisotopic (exact) mass is 408 g/mol. The molecule has 1 aliphatic heterocycles. The lowest BCUT2D eigenvalue weighted by molar-refractivity contribution is 0.113. The van der Waals surface area contributed by atoms with Crippen LogP contribution in [0.15, 0.2) is 35.2 Å². The summed E-state index contributed by atoms with van der Waals surface area (Å²) in [4.78, 5) is -0.169. The second kappa shape index (κ2) is 6.95. The topological polar surface area (TPSA) is 78.9 Å². The summed E-state index contributed by atoms with van der Waals surface area (Å²) in [5.74, 6) is -1.91. The summed E-state index contributed by atoms with van der Waals surface area (Å²) >= 11 is 17.2. The highest BCUT2D eigenvalue weighted by atomic mass is 35.6. The first-order valence-corrected chi connectivity index (χ1v) is 10.2. The summed E-state index contributed by atoms with van der Waals surface area (Å²) < 4.78 is 49.7. The van der Waals surface area contributed by atoms with Crippen LogP contribution in [-0.2, 0) is 27.9 Å². The zero-order chi connectivity index (χ0) is 16.4. The van der Waals surface area contributed by atoms with E-state index in [9.17, 15) is 13.0 Å². The molecule has 11 heteroatoms. The second-order valence-corrected chi connectivity index (χ2v) is 10.3. The number of rotatable bonds is 4. The van der Waals surface area contributed by atoms with E-state index in [2.05, 4.69) is 0 Å². The fourth-order valence-electron chi connectivity index (χ4n) is 1.66. The minimum absolute atomic E-state index is 0.0866. The predicted molar refractivity (Wildman–Crippen MR) is 82.9 cm³/mol. The molecule has 2 rings (SSSR count). The van der Waals surface area contributed by atoms with Crippen LogP contribution in [0.2, 0.25) is 0 Å². The Labute approximate surface area is 143 Å². The minimum Gasteiger partial charge on any atom is -0.307 e. The summed E-state index contributed by atoms with van der Waals surface area (Å²) in [6.07, 6.45) is 0.488. The van der Waals surface area contributed by atoms with Crippen molar-refractivity contribution in [1.82, 2.24) is 0 Å². The van der Waals surface area contributed by atoms with Gasteiger partial charge in [0.05, 0.1) is 18.1 Å². The molecule has 0 amide bonds. The minimum atomic E-state index is -4.32. The Hall–Kier alpha value is 0.150. The number of alkyl halides is 3. The Morgan fingerprint density at radius 2 is 1.68 bits per heavy atom. The zero-order valence-electron chi connectivity index (χ0n) is 11.0. The summed E-state index contributed by atoms with van der Waals surface area (Å²) in [5, 5.41) is 0. The van der Waals surface area contributed by atoms with Crippen LogP contribution < -0.4 is 0 Å².